The maximum Gasteiger partial charge on any atom is 0.127 e. The molecular weight excluding hydrogens is 274 g/mol. The quantitative estimate of drug-likeness (QED) is 0.846. The van der Waals surface area contributed by atoms with Gasteiger partial charge in [0.25, 0.3) is 0 Å². The third-order valence-electron chi connectivity index (χ3n) is 3.93. The Bertz CT molecular complexity index is 501. The summed E-state index contributed by atoms with van der Waals surface area (Å²) in [4.78, 5) is 0. The SMILES string of the molecule is CCC(C)(CCO)NCC1=Cc2cc(Cl)ccc2OC1. The van der Waals surface area contributed by atoms with Crippen LogP contribution in [0.2, 0.25) is 5.02 Å². The van der Waals surface area contributed by atoms with E-state index >= 15 is 0 Å². The number of nitrogens with one attached hydrogen (secondary N) is 1. The summed E-state index contributed by atoms with van der Waals surface area (Å²) in [5.74, 6) is 0.881. The van der Waals surface area contributed by atoms with Gasteiger partial charge in [-0.25, -0.2) is 0 Å². The zero-order valence-corrected chi connectivity index (χ0v) is 12.8. The number of ether oxygens (including phenoxy) is 1. The van der Waals surface area contributed by atoms with Crippen molar-refractivity contribution in [2.24, 2.45) is 0 Å². The van der Waals surface area contributed by atoms with Crippen LogP contribution in [0.25, 0.3) is 6.08 Å². The molecule has 1 atom stereocenters. The van der Waals surface area contributed by atoms with Gasteiger partial charge in [-0.2, -0.15) is 0 Å². The summed E-state index contributed by atoms with van der Waals surface area (Å²) in [6.45, 7) is 5.82. The lowest BCUT2D eigenvalue weighted by molar-refractivity contribution is 0.217. The third kappa shape index (κ3) is 3.75. The molecule has 0 spiro atoms. The summed E-state index contributed by atoms with van der Waals surface area (Å²) in [7, 11) is 0. The Hall–Kier alpha value is -1.03. The Balaban J connectivity index is 2.04. The smallest absolute Gasteiger partial charge is 0.127 e. The number of aliphatic hydroxyl groups excluding tert-OH is 1. The second kappa shape index (κ2) is 6.61. The summed E-state index contributed by atoms with van der Waals surface area (Å²) >= 11 is 6.01. The van der Waals surface area contributed by atoms with Crippen LogP contribution in [0.4, 0.5) is 0 Å². The first-order valence-corrected chi connectivity index (χ1v) is 7.42. The Morgan fingerprint density at radius 2 is 2.25 bits per heavy atom. The van der Waals surface area contributed by atoms with E-state index < -0.39 is 0 Å². The van der Waals surface area contributed by atoms with Crippen molar-refractivity contribution in [1.82, 2.24) is 5.32 Å². The van der Waals surface area contributed by atoms with E-state index in [1.54, 1.807) is 0 Å². The maximum absolute atomic E-state index is 9.14. The molecule has 0 radical (unpaired) electrons. The molecule has 0 saturated carbocycles. The van der Waals surface area contributed by atoms with Gasteiger partial charge in [0.05, 0.1) is 0 Å². The molecule has 0 fully saturated rings. The average molecular weight is 296 g/mol. The molecule has 0 aromatic heterocycles. The van der Waals surface area contributed by atoms with Crippen molar-refractivity contribution >= 4 is 17.7 Å². The number of aliphatic hydroxyl groups is 1. The van der Waals surface area contributed by atoms with E-state index in [4.69, 9.17) is 21.4 Å². The molecule has 2 rings (SSSR count). The Morgan fingerprint density at radius 3 is 2.95 bits per heavy atom. The molecule has 1 heterocycles. The second-order valence-electron chi connectivity index (χ2n) is 5.51. The average Bonchev–Trinajstić information content (AvgIpc) is 2.45. The lowest BCUT2D eigenvalue weighted by atomic mass is 9.94. The molecule has 1 aromatic carbocycles. The van der Waals surface area contributed by atoms with Gasteiger partial charge in [-0.1, -0.05) is 18.5 Å². The highest BCUT2D eigenvalue weighted by atomic mass is 35.5. The van der Waals surface area contributed by atoms with Crippen LogP contribution < -0.4 is 10.1 Å². The van der Waals surface area contributed by atoms with Crippen molar-refractivity contribution in [2.45, 2.75) is 32.2 Å². The van der Waals surface area contributed by atoms with Gasteiger partial charge in [0.15, 0.2) is 0 Å². The van der Waals surface area contributed by atoms with Crippen molar-refractivity contribution in [3.63, 3.8) is 0 Å². The summed E-state index contributed by atoms with van der Waals surface area (Å²) < 4.78 is 5.73. The fourth-order valence-corrected chi connectivity index (χ4v) is 2.44. The summed E-state index contributed by atoms with van der Waals surface area (Å²) in [5.41, 5.74) is 2.18. The Morgan fingerprint density at radius 1 is 1.45 bits per heavy atom. The molecule has 1 aromatic rings. The van der Waals surface area contributed by atoms with Gasteiger partial charge in [0.2, 0.25) is 0 Å². The molecular formula is C16H22ClNO2. The number of hydrogen-bond donors (Lipinski definition) is 2. The highest BCUT2D eigenvalue weighted by Crippen LogP contribution is 2.29. The number of fused-ring (bicyclic) bond motifs is 1. The van der Waals surface area contributed by atoms with Crippen molar-refractivity contribution in [2.75, 3.05) is 19.8 Å². The van der Waals surface area contributed by atoms with E-state index in [2.05, 4.69) is 25.2 Å². The fraction of sp³-hybridized carbons (Fsp3) is 0.500. The first-order chi connectivity index (χ1) is 9.56. The predicted molar refractivity (Wildman–Crippen MR) is 83.3 cm³/mol. The Kier molecular flexibility index (Phi) is 5.08. The minimum Gasteiger partial charge on any atom is -0.489 e. The van der Waals surface area contributed by atoms with Gasteiger partial charge in [0.1, 0.15) is 12.4 Å². The van der Waals surface area contributed by atoms with Gasteiger partial charge in [-0.3, -0.25) is 0 Å². The van der Waals surface area contributed by atoms with Crippen molar-refractivity contribution < 1.29 is 9.84 Å². The van der Waals surface area contributed by atoms with Crippen LogP contribution in [0, 0.1) is 0 Å². The largest absolute Gasteiger partial charge is 0.489 e. The molecule has 4 heteroatoms. The van der Waals surface area contributed by atoms with E-state index in [0.717, 1.165) is 35.7 Å². The van der Waals surface area contributed by atoms with E-state index in [-0.39, 0.29) is 12.1 Å². The van der Waals surface area contributed by atoms with E-state index in [9.17, 15) is 0 Å². The molecule has 1 aliphatic heterocycles. The number of hydrogen-bond acceptors (Lipinski definition) is 3. The number of rotatable bonds is 6. The van der Waals surface area contributed by atoms with E-state index in [0.29, 0.717) is 6.61 Å². The lowest BCUT2D eigenvalue weighted by Gasteiger charge is -2.30. The van der Waals surface area contributed by atoms with E-state index in [1.165, 1.54) is 5.57 Å². The van der Waals surface area contributed by atoms with E-state index in [1.807, 2.05) is 18.2 Å². The summed E-state index contributed by atoms with van der Waals surface area (Å²) in [6, 6.07) is 5.66. The summed E-state index contributed by atoms with van der Waals surface area (Å²) in [6.07, 6.45) is 3.86. The lowest BCUT2D eigenvalue weighted by Crippen LogP contribution is -2.44. The molecule has 20 heavy (non-hydrogen) atoms. The predicted octanol–water partition coefficient (Wildman–Crippen LogP) is 3.26. The topological polar surface area (TPSA) is 41.5 Å². The monoisotopic (exact) mass is 295 g/mol. The maximum atomic E-state index is 9.14. The van der Waals surface area contributed by atoms with Crippen molar-refractivity contribution in [3.8, 4) is 5.75 Å². The molecule has 0 saturated heterocycles. The standard InChI is InChI=1S/C16H22ClNO2/c1-3-16(2,6-7-19)18-10-12-8-13-9-14(17)4-5-15(13)20-11-12/h4-5,8-9,18-19H,3,6-7,10-11H2,1-2H3. The van der Waals surface area contributed by atoms with Crippen LogP contribution in [0.5, 0.6) is 5.75 Å². The molecule has 110 valence electrons. The second-order valence-corrected chi connectivity index (χ2v) is 5.95. The normalized spacial score (nSPS) is 16.9. The van der Waals surface area contributed by atoms with Gasteiger partial charge in [0, 0.05) is 29.3 Å². The highest BCUT2D eigenvalue weighted by Gasteiger charge is 2.21. The van der Waals surface area contributed by atoms with Gasteiger partial charge in [-0.15, -0.1) is 0 Å². The van der Waals surface area contributed by atoms with Crippen LogP contribution >= 0.6 is 11.6 Å². The molecule has 1 unspecified atom stereocenters. The van der Waals surface area contributed by atoms with Crippen LogP contribution in [-0.4, -0.2) is 30.4 Å². The molecule has 2 N–H and O–H groups in total. The van der Waals surface area contributed by atoms with Crippen LogP contribution in [0.1, 0.15) is 32.3 Å². The minimum absolute atomic E-state index is 0.0375. The Labute approximate surface area is 125 Å². The van der Waals surface area contributed by atoms with Crippen molar-refractivity contribution in [3.05, 3.63) is 34.4 Å². The van der Waals surface area contributed by atoms with Crippen LogP contribution in [0.3, 0.4) is 0 Å². The van der Waals surface area contributed by atoms with Crippen LogP contribution in [0.15, 0.2) is 23.8 Å². The van der Waals surface area contributed by atoms with Crippen molar-refractivity contribution in [1.29, 1.82) is 0 Å². The zero-order chi connectivity index (χ0) is 14.6. The van der Waals surface area contributed by atoms with Gasteiger partial charge >= 0.3 is 0 Å². The summed E-state index contributed by atoms with van der Waals surface area (Å²) in [5, 5.41) is 13.4. The fourth-order valence-electron chi connectivity index (χ4n) is 2.26. The molecule has 0 amide bonds. The first kappa shape index (κ1) is 15.4. The molecule has 1 aliphatic rings. The first-order valence-electron chi connectivity index (χ1n) is 7.04. The zero-order valence-electron chi connectivity index (χ0n) is 12.1. The van der Waals surface area contributed by atoms with Crippen LogP contribution in [-0.2, 0) is 0 Å². The highest BCUT2D eigenvalue weighted by molar-refractivity contribution is 6.30. The molecule has 0 aliphatic carbocycles. The minimum atomic E-state index is -0.0375. The number of halogens is 1. The molecule has 3 nitrogen and oxygen atoms in total. The number of benzene rings is 1. The third-order valence-corrected chi connectivity index (χ3v) is 4.17. The molecule has 0 bridgehead atoms. The van der Waals surface area contributed by atoms with Gasteiger partial charge in [-0.05, 0) is 49.6 Å². The van der Waals surface area contributed by atoms with Gasteiger partial charge < -0.3 is 15.2 Å².